The molecule has 0 N–H and O–H groups in total. The minimum absolute atomic E-state index is 0.0945. The smallest absolute Gasteiger partial charge is 0.179 e. The van der Waals surface area contributed by atoms with E-state index >= 15 is 0 Å². The zero-order valence-electron chi connectivity index (χ0n) is 14.8. The van der Waals surface area contributed by atoms with Crippen LogP contribution in [0.15, 0.2) is 36.4 Å². The fourth-order valence-electron chi connectivity index (χ4n) is 2.71. The maximum Gasteiger partial charge on any atom is 0.179 e. The Hall–Kier alpha value is -2.57. The van der Waals surface area contributed by atoms with Gasteiger partial charge in [-0.3, -0.25) is 0 Å². The van der Waals surface area contributed by atoms with Crippen molar-refractivity contribution in [3.05, 3.63) is 52.0 Å². The molecule has 0 bridgehead atoms. The summed E-state index contributed by atoms with van der Waals surface area (Å²) in [5.41, 5.74) is 2.44. The largest absolute Gasteiger partial charge is 0.550 e. The van der Waals surface area contributed by atoms with E-state index in [0.29, 0.717) is 22.9 Å². The van der Waals surface area contributed by atoms with Crippen molar-refractivity contribution in [2.45, 2.75) is 12.8 Å². The number of hydrogen-bond acceptors (Lipinski definition) is 6. The van der Waals surface area contributed by atoms with E-state index in [-0.39, 0.29) is 6.42 Å². The molecule has 3 aromatic rings. The van der Waals surface area contributed by atoms with Gasteiger partial charge < -0.3 is 19.4 Å². The second-order valence-electron chi connectivity index (χ2n) is 5.77. The molecule has 0 radical (unpaired) electrons. The van der Waals surface area contributed by atoms with Gasteiger partial charge in [0.05, 0.1) is 29.5 Å². The van der Waals surface area contributed by atoms with E-state index in [1.165, 1.54) is 25.6 Å². The van der Waals surface area contributed by atoms with E-state index in [1.807, 2.05) is 30.3 Å². The number of benzene rings is 2. The van der Waals surface area contributed by atoms with Crippen molar-refractivity contribution < 1.29 is 19.4 Å². The third-order valence-corrected chi connectivity index (χ3v) is 5.36. The van der Waals surface area contributed by atoms with Crippen molar-refractivity contribution in [2.75, 3.05) is 14.2 Å². The van der Waals surface area contributed by atoms with Crippen LogP contribution in [0.2, 0.25) is 5.02 Å². The minimum atomic E-state index is -1.10. The summed E-state index contributed by atoms with van der Waals surface area (Å²) in [7, 11) is 3.05. The van der Waals surface area contributed by atoms with E-state index in [0.717, 1.165) is 26.4 Å². The number of carboxylic acids is 1. The Bertz CT molecular complexity index is 979. The molecule has 0 saturated carbocycles. The number of ether oxygens (including phenoxy) is 2. The van der Waals surface area contributed by atoms with Crippen LogP contribution in [0, 0.1) is 0 Å². The third-order valence-electron chi connectivity index (χ3n) is 3.96. The zero-order chi connectivity index (χ0) is 19.4. The lowest BCUT2D eigenvalue weighted by molar-refractivity contribution is -0.305. The highest BCUT2D eigenvalue weighted by Crippen LogP contribution is 2.38. The van der Waals surface area contributed by atoms with Gasteiger partial charge in [-0.2, -0.15) is 0 Å². The van der Waals surface area contributed by atoms with E-state index < -0.39 is 5.97 Å². The average molecular weight is 403 g/mol. The number of methoxy groups -OCH3 is 2. The van der Waals surface area contributed by atoms with Gasteiger partial charge in [-0.25, -0.2) is 4.98 Å². The molecule has 1 aromatic heterocycles. The van der Waals surface area contributed by atoms with Crippen LogP contribution in [0.4, 0.5) is 0 Å². The first-order valence-electron chi connectivity index (χ1n) is 8.19. The number of allylic oxidation sites excluding steroid dienone is 1. The number of para-hydroxylation sites is 1. The standard InChI is InChI=1S/C20H18ClNO4S/c1-25-16-11-12(10-14(21)19(16)26-2)9-13(7-8-18(23)24)20-22-15-5-3-4-6-17(15)27-20/h3-6,9-11H,7-8H2,1-2H3,(H,23,24)/p-1/b13-9+. The summed E-state index contributed by atoms with van der Waals surface area (Å²) in [5, 5.41) is 12.2. The summed E-state index contributed by atoms with van der Waals surface area (Å²) in [5.74, 6) is -0.153. The number of hydrogen-bond donors (Lipinski definition) is 0. The van der Waals surface area contributed by atoms with Crippen LogP contribution in [0.1, 0.15) is 23.4 Å². The molecule has 2 aromatic carbocycles. The topological polar surface area (TPSA) is 71.5 Å². The molecule has 0 atom stereocenters. The number of aliphatic carboxylic acids is 1. The first-order valence-corrected chi connectivity index (χ1v) is 9.39. The Morgan fingerprint density at radius 3 is 2.67 bits per heavy atom. The predicted octanol–water partition coefficient (Wildman–Crippen LogP) is 4.04. The number of thiazole rings is 1. The molecule has 27 heavy (non-hydrogen) atoms. The quantitative estimate of drug-likeness (QED) is 0.596. The van der Waals surface area contributed by atoms with Gasteiger partial charge in [0.1, 0.15) is 5.01 Å². The minimum Gasteiger partial charge on any atom is -0.550 e. The van der Waals surface area contributed by atoms with Crippen LogP contribution in [0.5, 0.6) is 11.5 Å². The number of carbonyl (C=O) groups excluding carboxylic acids is 1. The number of carboxylic acid groups (broad SMARTS) is 1. The molecule has 1 heterocycles. The molecule has 0 aliphatic rings. The summed E-state index contributed by atoms with van der Waals surface area (Å²) in [4.78, 5) is 15.6. The summed E-state index contributed by atoms with van der Waals surface area (Å²) in [6, 6.07) is 11.3. The van der Waals surface area contributed by atoms with Crippen molar-refractivity contribution in [3.8, 4) is 11.5 Å². The SMILES string of the molecule is COc1cc(/C=C(\CCC(=O)[O-])c2nc3ccccc3s2)cc(Cl)c1OC. The second-order valence-corrected chi connectivity index (χ2v) is 7.20. The van der Waals surface area contributed by atoms with Crippen LogP contribution in [0.3, 0.4) is 0 Å². The highest BCUT2D eigenvalue weighted by molar-refractivity contribution is 7.19. The maximum absolute atomic E-state index is 11.0. The molecule has 0 unspecified atom stereocenters. The molecule has 0 fully saturated rings. The van der Waals surface area contributed by atoms with Gasteiger partial charge in [0.15, 0.2) is 11.5 Å². The lowest BCUT2D eigenvalue weighted by atomic mass is 10.1. The molecule has 0 saturated heterocycles. The Morgan fingerprint density at radius 1 is 1.22 bits per heavy atom. The number of fused-ring (bicyclic) bond motifs is 1. The Balaban J connectivity index is 2.07. The average Bonchev–Trinajstić information content (AvgIpc) is 3.08. The summed E-state index contributed by atoms with van der Waals surface area (Å²) in [6.45, 7) is 0. The van der Waals surface area contributed by atoms with Gasteiger partial charge in [-0.05, 0) is 54.3 Å². The van der Waals surface area contributed by atoms with Crippen LogP contribution in [0.25, 0.3) is 21.9 Å². The lowest BCUT2D eigenvalue weighted by Gasteiger charge is -2.11. The molecule has 0 spiro atoms. The van der Waals surface area contributed by atoms with Gasteiger partial charge in [0.25, 0.3) is 0 Å². The van der Waals surface area contributed by atoms with E-state index in [4.69, 9.17) is 21.1 Å². The van der Waals surface area contributed by atoms with Gasteiger partial charge in [0, 0.05) is 5.97 Å². The van der Waals surface area contributed by atoms with Crippen LogP contribution >= 0.6 is 22.9 Å². The fraction of sp³-hybridized carbons (Fsp3) is 0.200. The van der Waals surface area contributed by atoms with Crippen molar-refractivity contribution in [3.63, 3.8) is 0 Å². The predicted molar refractivity (Wildman–Crippen MR) is 106 cm³/mol. The first-order chi connectivity index (χ1) is 13.0. The lowest BCUT2D eigenvalue weighted by Crippen LogP contribution is -2.21. The molecule has 0 aliphatic heterocycles. The van der Waals surface area contributed by atoms with Crippen molar-refractivity contribution in [1.82, 2.24) is 4.98 Å². The Morgan fingerprint density at radius 2 is 2.00 bits per heavy atom. The number of rotatable bonds is 7. The molecule has 7 heteroatoms. The molecular weight excluding hydrogens is 386 g/mol. The van der Waals surface area contributed by atoms with Crippen molar-refractivity contribution >= 4 is 50.8 Å². The summed E-state index contributed by atoms with van der Waals surface area (Å²) >= 11 is 7.80. The van der Waals surface area contributed by atoms with Gasteiger partial charge >= 0.3 is 0 Å². The monoisotopic (exact) mass is 402 g/mol. The van der Waals surface area contributed by atoms with E-state index in [9.17, 15) is 9.90 Å². The van der Waals surface area contributed by atoms with E-state index in [1.54, 1.807) is 12.1 Å². The van der Waals surface area contributed by atoms with Gasteiger partial charge in [-0.15, -0.1) is 11.3 Å². The normalized spacial score (nSPS) is 11.6. The molecule has 0 amide bonds. The fourth-order valence-corrected chi connectivity index (χ4v) is 4.02. The number of carbonyl (C=O) groups is 1. The van der Waals surface area contributed by atoms with Gasteiger partial charge in [0.2, 0.25) is 0 Å². The van der Waals surface area contributed by atoms with Crippen LogP contribution < -0.4 is 14.6 Å². The third kappa shape index (κ3) is 4.40. The summed E-state index contributed by atoms with van der Waals surface area (Å²) in [6.07, 6.45) is 2.07. The summed E-state index contributed by atoms with van der Waals surface area (Å²) < 4.78 is 11.6. The molecule has 3 rings (SSSR count). The Kier molecular flexibility index (Phi) is 5.98. The molecular formula is C20H17ClNO4S-. The highest BCUT2D eigenvalue weighted by atomic mass is 35.5. The zero-order valence-corrected chi connectivity index (χ0v) is 16.4. The molecule has 5 nitrogen and oxygen atoms in total. The Labute approximate surface area is 165 Å². The van der Waals surface area contributed by atoms with E-state index in [2.05, 4.69) is 4.98 Å². The number of nitrogens with zero attached hydrogens (tertiary/aromatic N) is 1. The van der Waals surface area contributed by atoms with Crippen molar-refractivity contribution in [1.29, 1.82) is 0 Å². The first kappa shape index (κ1) is 19.2. The number of halogens is 1. The second kappa shape index (κ2) is 8.41. The van der Waals surface area contributed by atoms with Gasteiger partial charge in [-0.1, -0.05) is 23.7 Å². The number of aromatic nitrogens is 1. The molecule has 0 aliphatic carbocycles. The van der Waals surface area contributed by atoms with Crippen LogP contribution in [-0.4, -0.2) is 25.2 Å². The van der Waals surface area contributed by atoms with Crippen molar-refractivity contribution in [2.24, 2.45) is 0 Å². The maximum atomic E-state index is 11.0. The molecule has 140 valence electrons. The van der Waals surface area contributed by atoms with Crippen LogP contribution in [-0.2, 0) is 4.79 Å². The highest BCUT2D eigenvalue weighted by Gasteiger charge is 2.13.